The Bertz CT molecular complexity index is 848. The van der Waals surface area contributed by atoms with Gasteiger partial charge in [0.25, 0.3) is 0 Å². The Morgan fingerprint density at radius 1 is 0.960 bits per heavy atom. The molecule has 1 aromatic carbocycles. The summed E-state index contributed by atoms with van der Waals surface area (Å²) in [4.78, 5) is 6.96. The van der Waals surface area contributed by atoms with E-state index in [1.54, 1.807) is 0 Å². The Labute approximate surface area is 149 Å². The maximum absolute atomic E-state index is 4.43. The average molecular weight is 329 g/mol. The summed E-state index contributed by atoms with van der Waals surface area (Å²) in [6, 6.07) is 11.3. The summed E-state index contributed by atoms with van der Waals surface area (Å²) in [6.07, 6.45) is 16.7. The summed E-state index contributed by atoms with van der Waals surface area (Å²) < 4.78 is 2.41. The van der Waals surface area contributed by atoms with Gasteiger partial charge in [0.05, 0.1) is 24.3 Å². The van der Waals surface area contributed by atoms with E-state index in [2.05, 4.69) is 69.1 Å². The van der Waals surface area contributed by atoms with Crippen molar-refractivity contribution in [1.29, 1.82) is 0 Å². The van der Waals surface area contributed by atoms with Gasteiger partial charge in [0.15, 0.2) is 0 Å². The van der Waals surface area contributed by atoms with Crippen LogP contribution in [0, 0.1) is 5.92 Å². The number of para-hydroxylation sites is 1. The number of hydrogen-bond acceptors (Lipinski definition) is 2. The molecule has 0 amide bonds. The van der Waals surface area contributed by atoms with Crippen molar-refractivity contribution in [1.82, 2.24) is 9.55 Å². The first-order chi connectivity index (χ1) is 12.4. The molecule has 3 heterocycles. The van der Waals surface area contributed by atoms with Gasteiger partial charge in [0, 0.05) is 24.4 Å². The lowest BCUT2D eigenvalue weighted by atomic mass is 9.84. The Hall–Kier alpha value is -2.55. The number of nitrogens with zero attached hydrogens (tertiary/aromatic N) is 3. The minimum atomic E-state index is 0.449. The number of rotatable bonds is 2. The summed E-state index contributed by atoms with van der Waals surface area (Å²) in [5.74, 6) is 0.677. The Kier molecular flexibility index (Phi) is 3.58. The molecule has 0 spiro atoms. The summed E-state index contributed by atoms with van der Waals surface area (Å²) in [6.45, 7) is 2.27. The van der Waals surface area contributed by atoms with Crippen molar-refractivity contribution in [2.75, 3.05) is 18.0 Å². The van der Waals surface area contributed by atoms with Crippen LogP contribution in [-0.4, -0.2) is 22.6 Å². The number of piperidine rings is 1. The number of allylic oxidation sites excluding steroid dienone is 6. The van der Waals surface area contributed by atoms with Crippen LogP contribution in [0.3, 0.4) is 0 Å². The maximum Gasteiger partial charge on any atom is 0.0956 e. The van der Waals surface area contributed by atoms with Crippen LogP contribution in [0.4, 0.5) is 5.69 Å². The van der Waals surface area contributed by atoms with Crippen LogP contribution in [0.25, 0.3) is 5.57 Å². The van der Waals surface area contributed by atoms with E-state index in [1.807, 2.05) is 12.5 Å². The van der Waals surface area contributed by atoms with E-state index in [-0.39, 0.29) is 0 Å². The summed E-state index contributed by atoms with van der Waals surface area (Å²) in [5, 5.41) is 0. The van der Waals surface area contributed by atoms with Crippen molar-refractivity contribution in [3.05, 3.63) is 78.4 Å². The lowest BCUT2D eigenvalue weighted by Crippen LogP contribution is -2.36. The normalized spacial score (nSPS) is 22.9. The number of aromatic nitrogens is 2. The van der Waals surface area contributed by atoms with Gasteiger partial charge in [-0.25, -0.2) is 4.98 Å². The Morgan fingerprint density at radius 3 is 2.60 bits per heavy atom. The molecular formula is C22H23N3. The third kappa shape index (κ3) is 2.46. The van der Waals surface area contributed by atoms with Gasteiger partial charge in [-0.3, -0.25) is 0 Å². The standard InChI is InChI=1S/C22H23N3/c1-3-7-18(8-4-1)24-13-11-17(12-14-24)22-20-10-6-2-5-9-19(20)21-15-23-16-25(21)22/h1,3-10,15-17,22H,2,11-14H2/t22-/m0/s1. The molecule has 0 bridgehead atoms. The van der Waals surface area contributed by atoms with Gasteiger partial charge in [0.2, 0.25) is 0 Å². The highest BCUT2D eigenvalue weighted by Gasteiger charge is 2.36. The third-order valence-corrected chi connectivity index (χ3v) is 5.83. The van der Waals surface area contributed by atoms with Crippen molar-refractivity contribution in [3.63, 3.8) is 0 Å². The minimum Gasteiger partial charge on any atom is -0.372 e. The molecule has 2 aromatic rings. The summed E-state index contributed by atoms with van der Waals surface area (Å²) in [5.41, 5.74) is 5.51. The van der Waals surface area contributed by atoms with Crippen molar-refractivity contribution < 1.29 is 0 Å². The van der Waals surface area contributed by atoms with E-state index >= 15 is 0 Å². The molecule has 3 nitrogen and oxygen atoms in total. The van der Waals surface area contributed by atoms with E-state index in [4.69, 9.17) is 0 Å². The van der Waals surface area contributed by atoms with Crippen molar-refractivity contribution in [2.45, 2.75) is 25.3 Å². The molecule has 3 aliphatic rings. The molecule has 0 unspecified atom stereocenters. The molecule has 1 atom stereocenters. The number of benzene rings is 1. The summed E-state index contributed by atoms with van der Waals surface area (Å²) in [7, 11) is 0. The minimum absolute atomic E-state index is 0.449. The van der Waals surface area contributed by atoms with Gasteiger partial charge in [-0.05, 0) is 42.9 Å². The molecule has 25 heavy (non-hydrogen) atoms. The first kappa shape index (κ1) is 14.8. The van der Waals surface area contributed by atoms with Crippen molar-refractivity contribution in [2.24, 2.45) is 5.92 Å². The van der Waals surface area contributed by atoms with Crippen molar-refractivity contribution in [3.8, 4) is 0 Å². The second-order valence-corrected chi connectivity index (χ2v) is 7.20. The van der Waals surface area contributed by atoms with Crippen LogP contribution >= 0.6 is 0 Å². The Balaban J connectivity index is 1.41. The maximum atomic E-state index is 4.43. The smallest absolute Gasteiger partial charge is 0.0956 e. The first-order valence-electron chi connectivity index (χ1n) is 9.31. The number of fused-ring (bicyclic) bond motifs is 2. The lowest BCUT2D eigenvalue weighted by Gasteiger charge is -2.37. The highest BCUT2D eigenvalue weighted by Crippen LogP contribution is 2.45. The monoisotopic (exact) mass is 329 g/mol. The molecule has 5 rings (SSSR count). The molecule has 0 saturated carbocycles. The molecule has 0 radical (unpaired) electrons. The molecule has 1 fully saturated rings. The van der Waals surface area contributed by atoms with Gasteiger partial charge in [-0.1, -0.05) is 42.5 Å². The fraction of sp³-hybridized carbons (Fsp3) is 0.318. The zero-order valence-corrected chi connectivity index (χ0v) is 14.4. The average Bonchev–Trinajstić information content (AvgIpc) is 3.16. The molecule has 1 aromatic heterocycles. The quantitative estimate of drug-likeness (QED) is 0.801. The van der Waals surface area contributed by atoms with Gasteiger partial charge in [-0.2, -0.15) is 0 Å². The molecule has 2 aliphatic heterocycles. The van der Waals surface area contributed by atoms with Crippen LogP contribution in [0.15, 0.2) is 72.7 Å². The van der Waals surface area contributed by atoms with Gasteiger partial charge >= 0.3 is 0 Å². The van der Waals surface area contributed by atoms with Crippen molar-refractivity contribution >= 4 is 11.3 Å². The van der Waals surface area contributed by atoms with Gasteiger partial charge < -0.3 is 9.47 Å². The fourth-order valence-electron chi connectivity index (χ4n) is 4.61. The number of imidazole rings is 1. The SMILES string of the molecule is C1=CC2=C(C=CC1)[C@H](C1CCN(c3ccccc3)CC1)n1cncc12. The van der Waals surface area contributed by atoms with E-state index in [9.17, 15) is 0 Å². The molecule has 3 heteroatoms. The fourth-order valence-corrected chi connectivity index (χ4v) is 4.61. The summed E-state index contributed by atoms with van der Waals surface area (Å²) >= 11 is 0. The predicted molar refractivity (Wildman–Crippen MR) is 102 cm³/mol. The zero-order chi connectivity index (χ0) is 16.6. The van der Waals surface area contributed by atoms with Gasteiger partial charge in [0.1, 0.15) is 0 Å². The number of anilines is 1. The van der Waals surface area contributed by atoms with Crippen LogP contribution in [0.5, 0.6) is 0 Å². The topological polar surface area (TPSA) is 21.1 Å². The van der Waals surface area contributed by atoms with Gasteiger partial charge in [-0.15, -0.1) is 0 Å². The largest absolute Gasteiger partial charge is 0.372 e. The lowest BCUT2D eigenvalue weighted by molar-refractivity contribution is 0.314. The molecule has 1 aliphatic carbocycles. The molecular weight excluding hydrogens is 306 g/mol. The molecule has 1 saturated heterocycles. The second kappa shape index (κ2) is 6.07. The molecule has 0 N–H and O–H groups in total. The van der Waals surface area contributed by atoms with E-state index in [0.29, 0.717) is 12.0 Å². The van der Waals surface area contributed by atoms with E-state index < -0.39 is 0 Å². The number of hydrogen-bond donors (Lipinski definition) is 0. The third-order valence-electron chi connectivity index (χ3n) is 5.83. The first-order valence-corrected chi connectivity index (χ1v) is 9.31. The second-order valence-electron chi connectivity index (χ2n) is 7.20. The van der Waals surface area contributed by atoms with Crippen LogP contribution in [0.2, 0.25) is 0 Å². The highest BCUT2D eigenvalue weighted by atomic mass is 15.1. The Morgan fingerprint density at radius 2 is 1.76 bits per heavy atom. The van der Waals surface area contributed by atoms with E-state index in [1.165, 1.54) is 35.4 Å². The molecule has 126 valence electrons. The predicted octanol–water partition coefficient (Wildman–Crippen LogP) is 4.62. The zero-order valence-electron chi connectivity index (χ0n) is 14.4. The van der Waals surface area contributed by atoms with Crippen LogP contribution < -0.4 is 4.90 Å². The van der Waals surface area contributed by atoms with E-state index in [0.717, 1.165) is 19.5 Å². The van der Waals surface area contributed by atoms with Crippen LogP contribution in [0.1, 0.15) is 31.0 Å². The highest BCUT2D eigenvalue weighted by molar-refractivity contribution is 5.80. The van der Waals surface area contributed by atoms with Crippen LogP contribution in [-0.2, 0) is 0 Å².